The minimum atomic E-state index is -2.61. The van der Waals surface area contributed by atoms with Crippen molar-refractivity contribution in [3.63, 3.8) is 0 Å². The third-order valence-electron chi connectivity index (χ3n) is 5.32. The van der Waals surface area contributed by atoms with E-state index >= 15 is 0 Å². The van der Waals surface area contributed by atoms with E-state index in [-0.39, 0.29) is 5.97 Å². The fourth-order valence-corrected chi connectivity index (χ4v) is 19.5. The third kappa shape index (κ3) is 6.16. The number of methoxy groups -OCH3 is 1. The molecule has 0 N–H and O–H groups in total. The molecule has 0 heterocycles. The van der Waals surface area contributed by atoms with E-state index in [0.29, 0.717) is 5.56 Å². The number of benzene rings is 1. The molecule has 0 amide bonds. The summed E-state index contributed by atoms with van der Waals surface area (Å²) < 4.78 is 10.4. The van der Waals surface area contributed by atoms with Crippen LogP contribution in [-0.2, 0) is 4.74 Å². The summed E-state index contributed by atoms with van der Waals surface area (Å²) in [6.07, 6.45) is 7.60. The average molecular weight is 451 g/mol. The molecule has 2 nitrogen and oxygen atoms in total. The van der Waals surface area contributed by atoms with Crippen molar-refractivity contribution in [1.82, 2.24) is 0 Å². The summed E-state index contributed by atoms with van der Waals surface area (Å²) in [5, 5.41) is 0. The molecule has 0 saturated heterocycles. The Morgan fingerprint density at radius 2 is 1.36 bits per heavy atom. The first-order valence-corrected chi connectivity index (χ1v) is 17.4. The molecule has 25 heavy (non-hydrogen) atoms. The van der Waals surface area contributed by atoms with E-state index in [9.17, 15) is 4.79 Å². The molecule has 0 atom stereocenters. The molecule has 1 rings (SSSR count). The molecular formula is C22H36O2Sn. The molecule has 0 radical (unpaired) electrons. The van der Waals surface area contributed by atoms with Gasteiger partial charge in [0.25, 0.3) is 0 Å². The van der Waals surface area contributed by atoms with Crippen LogP contribution in [0.1, 0.15) is 75.2 Å². The molecule has 0 bridgehead atoms. The molecule has 0 aromatic heterocycles. The van der Waals surface area contributed by atoms with Gasteiger partial charge < -0.3 is 0 Å². The van der Waals surface area contributed by atoms with E-state index in [0.717, 1.165) is 5.56 Å². The topological polar surface area (TPSA) is 26.3 Å². The Morgan fingerprint density at radius 1 is 0.920 bits per heavy atom. The van der Waals surface area contributed by atoms with Crippen LogP contribution in [-0.4, -0.2) is 31.5 Å². The molecule has 140 valence electrons. The first kappa shape index (κ1) is 22.3. The normalized spacial score (nSPS) is 11.4. The Hall–Kier alpha value is -0.771. The van der Waals surface area contributed by atoms with Gasteiger partial charge in [0, 0.05) is 0 Å². The maximum absolute atomic E-state index is 12.3. The van der Waals surface area contributed by atoms with E-state index in [1.807, 2.05) is 18.2 Å². The van der Waals surface area contributed by atoms with Crippen LogP contribution in [0.2, 0.25) is 13.3 Å². The van der Waals surface area contributed by atoms with Crippen molar-refractivity contribution in [3.8, 4) is 0 Å². The van der Waals surface area contributed by atoms with Crippen LogP contribution in [0.5, 0.6) is 0 Å². The number of hydrogen-bond acceptors (Lipinski definition) is 2. The van der Waals surface area contributed by atoms with Gasteiger partial charge in [0.15, 0.2) is 0 Å². The van der Waals surface area contributed by atoms with Gasteiger partial charge >= 0.3 is 159 Å². The summed E-state index contributed by atoms with van der Waals surface area (Å²) in [7, 11) is 1.46. The molecule has 0 spiro atoms. The molecule has 3 heteroatoms. The van der Waals surface area contributed by atoms with Gasteiger partial charge in [-0.1, -0.05) is 0 Å². The van der Waals surface area contributed by atoms with Crippen molar-refractivity contribution >= 4 is 27.9 Å². The first-order valence-electron chi connectivity index (χ1n) is 9.93. The SMILES string of the molecule is C=[C](c1ccccc1C(=O)OC)[Sn]([CH2]CCC)([CH2]CCC)[CH2]CCC. The number of hydrogen-bond donors (Lipinski definition) is 0. The molecule has 0 aliphatic heterocycles. The molecule has 0 aliphatic carbocycles. The van der Waals surface area contributed by atoms with Crippen LogP contribution in [0.25, 0.3) is 3.59 Å². The predicted octanol–water partition coefficient (Wildman–Crippen LogP) is 6.87. The van der Waals surface area contributed by atoms with E-state index < -0.39 is 18.4 Å². The van der Waals surface area contributed by atoms with Crippen molar-refractivity contribution in [2.75, 3.05) is 7.11 Å². The Morgan fingerprint density at radius 3 is 1.76 bits per heavy atom. The Bertz CT molecular complexity index is 529. The van der Waals surface area contributed by atoms with E-state index in [4.69, 9.17) is 4.74 Å². The number of carbonyl (C=O) groups excluding carboxylic acids is 1. The average Bonchev–Trinajstić information content (AvgIpc) is 2.66. The quantitative estimate of drug-likeness (QED) is 0.256. The molecule has 0 aliphatic rings. The van der Waals surface area contributed by atoms with Gasteiger partial charge in [0.2, 0.25) is 0 Å². The van der Waals surface area contributed by atoms with Gasteiger partial charge in [-0.2, -0.15) is 0 Å². The molecule has 0 saturated carbocycles. The summed E-state index contributed by atoms with van der Waals surface area (Å²) in [6.45, 7) is 11.5. The second-order valence-electron chi connectivity index (χ2n) is 7.11. The van der Waals surface area contributed by atoms with Crippen LogP contribution in [0.15, 0.2) is 30.8 Å². The number of ether oxygens (including phenoxy) is 1. The maximum atomic E-state index is 12.3. The van der Waals surface area contributed by atoms with Crippen LogP contribution in [0, 0.1) is 0 Å². The van der Waals surface area contributed by atoms with E-state index in [1.54, 1.807) is 0 Å². The predicted molar refractivity (Wildman–Crippen MR) is 112 cm³/mol. The minimum absolute atomic E-state index is 0.238. The first-order chi connectivity index (χ1) is 12.1. The number of rotatable bonds is 12. The van der Waals surface area contributed by atoms with Gasteiger partial charge in [0.05, 0.1) is 0 Å². The van der Waals surface area contributed by atoms with Gasteiger partial charge in [-0.25, -0.2) is 0 Å². The van der Waals surface area contributed by atoms with Gasteiger partial charge in [0.1, 0.15) is 0 Å². The number of esters is 1. The van der Waals surface area contributed by atoms with Crippen molar-refractivity contribution in [2.24, 2.45) is 0 Å². The number of unbranched alkanes of at least 4 members (excludes halogenated alkanes) is 3. The fraction of sp³-hybridized carbons (Fsp3) is 0.591. The summed E-state index contributed by atoms with van der Waals surface area (Å²) in [5.74, 6) is -0.238. The molecular weight excluding hydrogens is 415 g/mol. The van der Waals surface area contributed by atoms with Crippen LogP contribution < -0.4 is 0 Å². The second kappa shape index (κ2) is 11.8. The zero-order valence-electron chi connectivity index (χ0n) is 16.7. The summed E-state index contributed by atoms with van der Waals surface area (Å²) in [5.41, 5.74) is 1.76. The Kier molecular flexibility index (Phi) is 10.5. The Balaban J connectivity index is 3.31. The monoisotopic (exact) mass is 452 g/mol. The zero-order chi connectivity index (χ0) is 18.7. The van der Waals surface area contributed by atoms with Crippen molar-refractivity contribution in [2.45, 2.75) is 72.6 Å². The van der Waals surface area contributed by atoms with Gasteiger partial charge in [-0.15, -0.1) is 0 Å². The standard InChI is InChI=1S/C10H9O2.3C4H9.Sn/c1-3-8-6-4-5-7-9(8)10(11)12-2;3*1-3-4-2;/h4-7H,1H2,2H3;3*1,3-4H2,2H3;. The second-order valence-corrected chi connectivity index (χ2v) is 20.4. The van der Waals surface area contributed by atoms with Crippen LogP contribution in [0.4, 0.5) is 0 Å². The van der Waals surface area contributed by atoms with Gasteiger partial charge in [-0.05, 0) is 0 Å². The molecule has 0 unspecified atom stereocenters. The third-order valence-corrected chi connectivity index (χ3v) is 21.0. The molecule has 0 fully saturated rings. The van der Waals surface area contributed by atoms with E-state index in [2.05, 4.69) is 33.4 Å². The fourth-order valence-electron chi connectivity index (χ4n) is 3.69. The molecule has 1 aromatic carbocycles. The zero-order valence-corrected chi connectivity index (χ0v) is 19.6. The summed E-state index contributed by atoms with van der Waals surface area (Å²) in [4.78, 5) is 12.3. The summed E-state index contributed by atoms with van der Waals surface area (Å²) >= 11 is -2.61. The number of carbonyl (C=O) groups is 1. The van der Waals surface area contributed by atoms with Crippen LogP contribution in [0.3, 0.4) is 0 Å². The van der Waals surface area contributed by atoms with Crippen LogP contribution >= 0.6 is 0 Å². The van der Waals surface area contributed by atoms with Crippen molar-refractivity contribution in [3.05, 3.63) is 42.0 Å². The Labute approximate surface area is 158 Å². The van der Waals surface area contributed by atoms with Crippen molar-refractivity contribution in [1.29, 1.82) is 0 Å². The van der Waals surface area contributed by atoms with E-state index in [1.165, 1.54) is 62.5 Å². The van der Waals surface area contributed by atoms with Crippen molar-refractivity contribution < 1.29 is 9.53 Å². The van der Waals surface area contributed by atoms with Gasteiger partial charge in [-0.3, -0.25) is 0 Å². The molecule has 1 aromatic rings. The summed E-state index contributed by atoms with van der Waals surface area (Å²) in [6, 6.07) is 7.93.